The number of fused-ring (bicyclic) bond motifs is 1. The number of amides is 2. The summed E-state index contributed by atoms with van der Waals surface area (Å²) in [5.41, 5.74) is 3.82. The van der Waals surface area contributed by atoms with Crippen molar-refractivity contribution in [1.82, 2.24) is 10.2 Å². The number of aromatic nitrogens is 2. The maximum Gasteiger partial charge on any atom is 0.257 e. The van der Waals surface area contributed by atoms with Gasteiger partial charge in [-0.15, -0.1) is 10.2 Å². The fraction of sp³-hybridized carbons (Fsp3) is 0.238. The number of nitrogens with one attached hydrogen (secondary N) is 1. The number of rotatable bonds is 5. The Morgan fingerprint density at radius 3 is 2.90 bits per heavy atom. The Kier molecular flexibility index (Phi) is 5.92. The van der Waals surface area contributed by atoms with Gasteiger partial charge in [0.05, 0.1) is 5.75 Å². The van der Waals surface area contributed by atoms with E-state index in [1.807, 2.05) is 48.2 Å². The van der Waals surface area contributed by atoms with Crippen molar-refractivity contribution in [3.05, 3.63) is 65.2 Å². The first-order chi connectivity index (χ1) is 14.1. The lowest BCUT2D eigenvalue weighted by Gasteiger charge is -2.29. The molecule has 0 radical (unpaired) electrons. The lowest BCUT2D eigenvalue weighted by atomic mass is 10.0. The summed E-state index contributed by atoms with van der Waals surface area (Å²) in [4.78, 5) is 26.9. The third-order valence-corrected chi connectivity index (χ3v) is 6.59. The Hall–Kier alpha value is -2.71. The maximum atomic E-state index is 12.7. The summed E-state index contributed by atoms with van der Waals surface area (Å²) in [5, 5.41) is 11.3. The Morgan fingerprint density at radius 1 is 1.17 bits per heavy atom. The van der Waals surface area contributed by atoms with Crippen LogP contribution in [0.15, 0.2) is 52.9 Å². The van der Waals surface area contributed by atoms with E-state index >= 15 is 0 Å². The van der Waals surface area contributed by atoms with Crippen LogP contribution in [0.25, 0.3) is 0 Å². The molecule has 1 aliphatic rings. The number of nitrogens with zero attached hydrogens (tertiary/aromatic N) is 3. The van der Waals surface area contributed by atoms with E-state index in [0.717, 1.165) is 30.6 Å². The first-order valence-electron chi connectivity index (χ1n) is 9.33. The van der Waals surface area contributed by atoms with E-state index in [-0.39, 0.29) is 17.6 Å². The Morgan fingerprint density at radius 2 is 2.03 bits per heavy atom. The molecular formula is C21H20N4O2S2. The smallest absolute Gasteiger partial charge is 0.257 e. The van der Waals surface area contributed by atoms with E-state index in [1.54, 1.807) is 6.07 Å². The highest BCUT2D eigenvalue weighted by atomic mass is 32.2. The van der Waals surface area contributed by atoms with Gasteiger partial charge in [-0.05, 0) is 43.5 Å². The molecule has 0 fully saturated rings. The van der Waals surface area contributed by atoms with Gasteiger partial charge in [-0.25, -0.2) is 0 Å². The number of anilines is 2. The highest BCUT2D eigenvalue weighted by molar-refractivity contribution is 8.01. The van der Waals surface area contributed by atoms with Crippen molar-refractivity contribution >= 4 is 45.7 Å². The van der Waals surface area contributed by atoms with Crippen LogP contribution < -0.4 is 10.2 Å². The molecule has 0 unspecified atom stereocenters. The van der Waals surface area contributed by atoms with Gasteiger partial charge in [0.1, 0.15) is 0 Å². The van der Waals surface area contributed by atoms with Crippen LogP contribution in [0.4, 0.5) is 10.8 Å². The third kappa shape index (κ3) is 4.65. The summed E-state index contributed by atoms with van der Waals surface area (Å²) >= 11 is 2.62. The van der Waals surface area contributed by atoms with Crippen molar-refractivity contribution in [3.8, 4) is 0 Å². The summed E-state index contributed by atoms with van der Waals surface area (Å²) in [5.74, 6) is 0.125. The monoisotopic (exact) mass is 424 g/mol. The highest BCUT2D eigenvalue weighted by Crippen LogP contribution is 2.30. The minimum Gasteiger partial charge on any atom is -0.311 e. The summed E-state index contributed by atoms with van der Waals surface area (Å²) in [7, 11) is 0. The van der Waals surface area contributed by atoms with Crippen LogP contribution in [0.3, 0.4) is 0 Å². The zero-order chi connectivity index (χ0) is 20.2. The molecule has 1 N–H and O–H groups in total. The van der Waals surface area contributed by atoms with Crippen LogP contribution in [0.2, 0.25) is 0 Å². The van der Waals surface area contributed by atoms with Crippen LogP contribution in [-0.4, -0.2) is 34.3 Å². The van der Waals surface area contributed by atoms with Gasteiger partial charge in [0, 0.05) is 17.8 Å². The molecule has 148 valence electrons. The number of carbonyl (C=O) groups is 2. The molecule has 6 nitrogen and oxygen atoms in total. The summed E-state index contributed by atoms with van der Waals surface area (Å²) in [6.07, 6.45) is 1.98. The van der Waals surface area contributed by atoms with Crippen molar-refractivity contribution in [1.29, 1.82) is 0 Å². The Balaban J connectivity index is 1.35. The molecule has 2 aromatic carbocycles. The van der Waals surface area contributed by atoms with Gasteiger partial charge in [-0.1, -0.05) is 59.0 Å². The normalized spacial score (nSPS) is 13.1. The quantitative estimate of drug-likeness (QED) is 0.491. The van der Waals surface area contributed by atoms with Gasteiger partial charge < -0.3 is 4.90 Å². The Labute approximate surface area is 177 Å². The number of hydrogen-bond acceptors (Lipinski definition) is 6. The minimum absolute atomic E-state index is 0.0581. The van der Waals surface area contributed by atoms with E-state index in [1.165, 1.54) is 28.7 Å². The lowest BCUT2D eigenvalue weighted by molar-refractivity contribution is -0.116. The molecule has 2 heterocycles. The minimum atomic E-state index is -0.220. The van der Waals surface area contributed by atoms with Gasteiger partial charge >= 0.3 is 0 Å². The molecule has 0 saturated heterocycles. The Bertz CT molecular complexity index is 1050. The van der Waals surface area contributed by atoms with Crippen molar-refractivity contribution < 1.29 is 9.59 Å². The molecule has 0 saturated carbocycles. The zero-order valence-corrected chi connectivity index (χ0v) is 17.6. The first-order valence-corrected chi connectivity index (χ1v) is 11.1. The summed E-state index contributed by atoms with van der Waals surface area (Å²) in [6.45, 7) is 2.68. The largest absolute Gasteiger partial charge is 0.311 e. The topological polar surface area (TPSA) is 75.2 Å². The molecule has 4 rings (SSSR count). The number of carbonyl (C=O) groups excluding carboxylic acids is 2. The number of hydrogen-bond donors (Lipinski definition) is 1. The fourth-order valence-electron chi connectivity index (χ4n) is 3.27. The highest BCUT2D eigenvalue weighted by Gasteiger charge is 2.22. The van der Waals surface area contributed by atoms with Crippen molar-refractivity contribution in [2.75, 3.05) is 22.5 Å². The summed E-state index contributed by atoms with van der Waals surface area (Å²) < 4.78 is 0.656. The fourth-order valence-corrected chi connectivity index (χ4v) is 4.89. The molecule has 0 spiro atoms. The van der Waals surface area contributed by atoms with E-state index in [0.29, 0.717) is 15.0 Å². The first kappa shape index (κ1) is 19.6. The number of benzene rings is 2. The molecule has 0 bridgehead atoms. The van der Waals surface area contributed by atoms with Crippen LogP contribution in [0, 0.1) is 6.92 Å². The molecule has 29 heavy (non-hydrogen) atoms. The molecule has 1 aliphatic heterocycles. The number of para-hydroxylation sites is 1. The van der Waals surface area contributed by atoms with Gasteiger partial charge in [-0.2, -0.15) is 0 Å². The predicted octanol–water partition coefficient (Wildman–Crippen LogP) is 4.17. The molecule has 8 heteroatoms. The molecule has 1 aromatic heterocycles. The maximum absolute atomic E-state index is 12.7. The second-order valence-corrected chi connectivity index (χ2v) is 8.96. The van der Waals surface area contributed by atoms with Gasteiger partial charge in [-0.3, -0.25) is 14.9 Å². The molecule has 0 atom stereocenters. The van der Waals surface area contributed by atoms with E-state index in [2.05, 4.69) is 21.6 Å². The SMILES string of the molecule is Cc1cccc(C(=O)Nc2nnc(SCC(=O)N3CCCc4ccccc43)s2)c1. The lowest BCUT2D eigenvalue weighted by Crippen LogP contribution is -2.36. The third-order valence-electron chi connectivity index (χ3n) is 4.64. The average molecular weight is 425 g/mol. The predicted molar refractivity (Wildman–Crippen MR) is 117 cm³/mol. The van der Waals surface area contributed by atoms with Crippen LogP contribution >= 0.6 is 23.1 Å². The molecule has 0 aliphatic carbocycles. The number of thioether (sulfide) groups is 1. The van der Waals surface area contributed by atoms with Crippen molar-refractivity contribution in [2.45, 2.75) is 24.1 Å². The van der Waals surface area contributed by atoms with Crippen LogP contribution in [-0.2, 0) is 11.2 Å². The zero-order valence-electron chi connectivity index (χ0n) is 15.9. The molecule has 3 aromatic rings. The average Bonchev–Trinajstić information content (AvgIpc) is 3.19. The standard InChI is InChI=1S/C21H20N4O2S2/c1-14-6-4-8-16(12-14)19(27)22-20-23-24-21(29-20)28-13-18(26)25-11-5-9-15-7-2-3-10-17(15)25/h2-4,6-8,10,12H,5,9,11,13H2,1H3,(H,22,23,27). The number of aryl methyl sites for hydroxylation is 2. The van der Waals surface area contributed by atoms with Gasteiger partial charge in [0.25, 0.3) is 5.91 Å². The van der Waals surface area contributed by atoms with Crippen molar-refractivity contribution in [3.63, 3.8) is 0 Å². The summed E-state index contributed by atoms with van der Waals surface area (Å²) in [6, 6.07) is 15.4. The van der Waals surface area contributed by atoms with Gasteiger partial charge in [0.2, 0.25) is 11.0 Å². The second kappa shape index (κ2) is 8.75. The van der Waals surface area contributed by atoms with E-state index in [9.17, 15) is 9.59 Å². The molecule has 2 amide bonds. The van der Waals surface area contributed by atoms with Crippen LogP contribution in [0.1, 0.15) is 27.9 Å². The molecular weight excluding hydrogens is 404 g/mol. The second-order valence-electron chi connectivity index (χ2n) is 6.76. The van der Waals surface area contributed by atoms with Crippen LogP contribution in [0.5, 0.6) is 0 Å². The van der Waals surface area contributed by atoms with Crippen molar-refractivity contribution in [2.24, 2.45) is 0 Å². The van der Waals surface area contributed by atoms with Gasteiger partial charge in [0.15, 0.2) is 4.34 Å². The van der Waals surface area contributed by atoms with E-state index in [4.69, 9.17) is 0 Å². The van der Waals surface area contributed by atoms with E-state index < -0.39 is 0 Å².